The van der Waals surface area contributed by atoms with Gasteiger partial charge < -0.3 is 10.2 Å². The first-order valence-corrected chi connectivity index (χ1v) is 9.96. The number of nitrogens with one attached hydrogen (secondary N) is 1. The third kappa shape index (κ3) is 3.66. The molecule has 28 heavy (non-hydrogen) atoms. The second-order valence-electron chi connectivity index (χ2n) is 8.26. The van der Waals surface area contributed by atoms with E-state index in [1.54, 1.807) is 23.7 Å². The van der Waals surface area contributed by atoms with E-state index in [9.17, 15) is 9.59 Å². The van der Waals surface area contributed by atoms with Crippen LogP contribution in [0.3, 0.4) is 0 Å². The molecule has 7 nitrogen and oxygen atoms in total. The minimum Gasteiger partial charge on any atom is -0.341 e. The summed E-state index contributed by atoms with van der Waals surface area (Å²) in [6, 6.07) is 4.90. The minimum atomic E-state index is -0.545. The molecule has 0 bridgehead atoms. The van der Waals surface area contributed by atoms with Gasteiger partial charge >= 0.3 is 0 Å². The third-order valence-corrected chi connectivity index (χ3v) is 6.05. The smallest absolute Gasteiger partial charge is 0.253 e. The predicted octanol–water partition coefficient (Wildman–Crippen LogP) is 2.41. The van der Waals surface area contributed by atoms with Gasteiger partial charge in [-0.05, 0) is 70.1 Å². The maximum absolute atomic E-state index is 12.7. The van der Waals surface area contributed by atoms with E-state index < -0.39 is 6.04 Å². The first kappa shape index (κ1) is 18.7. The summed E-state index contributed by atoms with van der Waals surface area (Å²) in [6.07, 6.45) is 6.33. The molecule has 2 amide bonds. The fourth-order valence-electron chi connectivity index (χ4n) is 4.00. The first-order valence-electron chi connectivity index (χ1n) is 9.96. The molecule has 2 aliphatic rings. The van der Waals surface area contributed by atoms with Gasteiger partial charge in [0.25, 0.3) is 5.91 Å². The summed E-state index contributed by atoms with van der Waals surface area (Å²) in [6.45, 7) is 7.24. The average molecular weight is 381 g/mol. The van der Waals surface area contributed by atoms with E-state index in [1.165, 1.54) is 19.0 Å². The average Bonchev–Trinajstić information content (AvgIpc) is 3.35. The van der Waals surface area contributed by atoms with Crippen LogP contribution in [0.5, 0.6) is 0 Å². The van der Waals surface area contributed by atoms with Crippen molar-refractivity contribution in [2.75, 3.05) is 13.1 Å². The molecule has 3 heterocycles. The van der Waals surface area contributed by atoms with Crippen molar-refractivity contribution in [1.82, 2.24) is 25.0 Å². The van der Waals surface area contributed by atoms with Gasteiger partial charge in [0.2, 0.25) is 5.91 Å². The molecule has 0 aromatic carbocycles. The van der Waals surface area contributed by atoms with Crippen LogP contribution in [-0.2, 0) is 4.79 Å². The van der Waals surface area contributed by atoms with Crippen LogP contribution in [0.1, 0.15) is 54.4 Å². The highest BCUT2D eigenvalue weighted by Gasteiger charge is 2.45. The molecule has 2 aromatic rings. The van der Waals surface area contributed by atoms with Gasteiger partial charge in [-0.1, -0.05) is 0 Å². The number of hydrogen-bond donors (Lipinski definition) is 1. The van der Waals surface area contributed by atoms with Gasteiger partial charge in [0, 0.05) is 25.0 Å². The lowest BCUT2D eigenvalue weighted by Gasteiger charge is -2.33. The van der Waals surface area contributed by atoms with Crippen LogP contribution in [0.15, 0.2) is 24.4 Å². The Balaban J connectivity index is 1.36. The Morgan fingerprint density at radius 2 is 1.86 bits per heavy atom. The lowest BCUT2D eigenvalue weighted by atomic mass is 9.93. The van der Waals surface area contributed by atoms with Gasteiger partial charge in [-0.25, -0.2) is 9.67 Å². The van der Waals surface area contributed by atoms with Crippen LogP contribution in [0.4, 0.5) is 0 Å². The van der Waals surface area contributed by atoms with E-state index in [1.807, 2.05) is 24.8 Å². The van der Waals surface area contributed by atoms with Crippen LogP contribution in [0.25, 0.3) is 5.82 Å². The Hall–Kier alpha value is -2.70. The van der Waals surface area contributed by atoms with E-state index in [0.717, 1.165) is 37.3 Å². The van der Waals surface area contributed by atoms with Gasteiger partial charge in [-0.15, -0.1) is 0 Å². The number of carbonyl (C=O) groups excluding carboxylic acids is 2. The minimum absolute atomic E-state index is 0.00364. The highest BCUT2D eigenvalue weighted by molar-refractivity contribution is 5.97. The topological polar surface area (TPSA) is 80.1 Å². The predicted molar refractivity (Wildman–Crippen MR) is 105 cm³/mol. The number of piperidine rings is 1. The molecule has 1 spiro atoms. The molecule has 2 fully saturated rings. The molecule has 2 aromatic heterocycles. The molecule has 1 atom stereocenters. The van der Waals surface area contributed by atoms with Crippen molar-refractivity contribution in [1.29, 1.82) is 0 Å². The van der Waals surface area contributed by atoms with Crippen LogP contribution in [0.2, 0.25) is 0 Å². The number of aryl methyl sites for hydroxylation is 2. The standard InChI is InChI=1S/C21H27N5O2/c1-14-12-15(2)26(24-14)18-5-4-17(13-22-18)19(27)23-16(3)20(28)25-10-8-21(6-7-21)9-11-25/h4-5,12-13,16H,6-11H2,1-3H3,(H,23,27)/t16-/m1/s1. The molecule has 1 aliphatic heterocycles. The van der Waals surface area contributed by atoms with Gasteiger partial charge in [0.15, 0.2) is 5.82 Å². The van der Waals surface area contributed by atoms with Crippen molar-refractivity contribution < 1.29 is 9.59 Å². The number of carbonyl (C=O) groups is 2. The van der Waals surface area contributed by atoms with Crippen molar-refractivity contribution in [3.8, 4) is 5.82 Å². The van der Waals surface area contributed by atoms with Crippen molar-refractivity contribution in [3.63, 3.8) is 0 Å². The lowest BCUT2D eigenvalue weighted by Crippen LogP contribution is -2.49. The fourth-order valence-corrected chi connectivity index (χ4v) is 4.00. The summed E-state index contributed by atoms with van der Waals surface area (Å²) >= 11 is 0. The van der Waals surface area contributed by atoms with Crippen LogP contribution in [0, 0.1) is 19.3 Å². The number of amides is 2. The van der Waals surface area contributed by atoms with Gasteiger partial charge in [0.1, 0.15) is 6.04 Å². The zero-order valence-electron chi connectivity index (χ0n) is 16.7. The maximum Gasteiger partial charge on any atom is 0.253 e. The van der Waals surface area contributed by atoms with Crippen molar-refractivity contribution in [2.24, 2.45) is 5.41 Å². The van der Waals surface area contributed by atoms with Crippen molar-refractivity contribution in [3.05, 3.63) is 41.3 Å². The number of hydrogen-bond acceptors (Lipinski definition) is 4. The number of rotatable bonds is 4. The number of aromatic nitrogens is 3. The molecule has 0 radical (unpaired) electrons. The number of pyridine rings is 1. The second kappa shape index (κ2) is 7.04. The molecule has 1 aliphatic carbocycles. The fraction of sp³-hybridized carbons (Fsp3) is 0.524. The van der Waals surface area contributed by atoms with E-state index in [2.05, 4.69) is 15.4 Å². The summed E-state index contributed by atoms with van der Waals surface area (Å²) in [5, 5.41) is 7.21. The van der Waals surface area contributed by atoms with Crippen molar-refractivity contribution in [2.45, 2.75) is 52.5 Å². The van der Waals surface area contributed by atoms with Gasteiger partial charge in [-0.3, -0.25) is 9.59 Å². The number of nitrogens with zero attached hydrogens (tertiary/aromatic N) is 4. The van der Waals surface area contributed by atoms with Gasteiger partial charge in [-0.2, -0.15) is 5.10 Å². The van der Waals surface area contributed by atoms with Crippen LogP contribution in [-0.4, -0.2) is 50.6 Å². The highest BCUT2D eigenvalue weighted by Crippen LogP contribution is 2.53. The molecule has 1 saturated carbocycles. The zero-order valence-corrected chi connectivity index (χ0v) is 16.7. The largest absolute Gasteiger partial charge is 0.341 e. The highest BCUT2D eigenvalue weighted by atomic mass is 16.2. The first-order chi connectivity index (χ1) is 13.4. The maximum atomic E-state index is 12.7. The van der Waals surface area contributed by atoms with E-state index >= 15 is 0 Å². The van der Waals surface area contributed by atoms with Crippen LogP contribution >= 0.6 is 0 Å². The molecular formula is C21H27N5O2. The summed E-state index contributed by atoms with van der Waals surface area (Å²) in [5.41, 5.74) is 2.86. The molecule has 148 valence electrons. The van der Waals surface area contributed by atoms with E-state index in [-0.39, 0.29) is 11.8 Å². The summed E-state index contributed by atoms with van der Waals surface area (Å²) < 4.78 is 1.74. The Kier molecular flexibility index (Phi) is 4.69. The third-order valence-electron chi connectivity index (χ3n) is 6.05. The molecule has 7 heteroatoms. The molecule has 4 rings (SSSR count). The van der Waals surface area contributed by atoms with Crippen LogP contribution < -0.4 is 5.32 Å². The normalized spacial score (nSPS) is 18.8. The zero-order chi connectivity index (χ0) is 19.9. The quantitative estimate of drug-likeness (QED) is 0.882. The Bertz CT molecular complexity index is 888. The summed E-state index contributed by atoms with van der Waals surface area (Å²) in [5.74, 6) is 0.369. The Labute approximate surface area is 165 Å². The Morgan fingerprint density at radius 1 is 1.14 bits per heavy atom. The molecule has 1 N–H and O–H groups in total. The second-order valence-corrected chi connectivity index (χ2v) is 8.26. The molecular weight excluding hydrogens is 354 g/mol. The Morgan fingerprint density at radius 3 is 2.39 bits per heavy atom. The van der Waals surface area contributed by atoms with Crippen molar-refractivity contribution >= 4 is 11.8 Å². The lowest BCUT2D eigenvalue weighted by molar-refractivity contribution is -0.134. The molecule has 0 unspecified atom stereocenters. The summed E-state index contributed by atoms with van der Waals surface area (Å²) in [7, 11) is 0. The SMILES string of the molecule is Cc1cc(C)n(-c2ccc(C(=O)N[C@H](C)C(=O)N3CCC4(CC3)CC4)cn2)n1. The van der Waals surface area contributed by atoms with E-state index in [0.29, 0.717) is 16.8 Å². The van der Waals surface area contributed by atoms with Gasteiger partial charge in [0.05, 0.1) is 11.3 Å². The monoisotopic (exact) mass is 381 g/mol. The molecule has 1 saturated heterocycles. The van der Waals surface area contributed by atoms with E-state index in [4.69, 9.17) is 0 Å². The number of likely N-dealkylation sites (tertiary alicyclic amines) is 1. The summed E-state index contributed by atoms with van der Waals surface area (Å²) in [4.78, 5) is 31.4.